The maximum Gasteiger partial charge on any atom is 0.0581 e. The number of aliphatic hydroxyl groups excluding tert-OH is 1. The van der Waals surface area contributed by atoms with Crippen molar-refractivity contribution in [3.63, 3.8) is 0 Å². The molecule has 0 amide bonds. The van der Waals surface area contributed by atoms with Crippen LogP contribution in [0.1, 0.15) is 110 Å². The molecule has 0 fully saturated rings. The SMILES string of the molecule is CCCCCCCCCCCCCCCCCNC(C)CO. The third-order valence-electron chi connectivity index (χ3n) is 4.55. The number of aliphatic hydroxyl groups is 1. The van der Waals surface area contributed by atoms with Gasteiger partial charge in [0.15, 0.2) is 0 Å². The van der Waals surface area contributed by atoms with E-state index in [1.807, 2.05) is 6.92 Å². The molecule has 1 unspecified atom stereocenters. The summed E-state index contributed by atoms with van der Waals surface area (Å²) in [4.78, 5) is 0. The van der Waals surface area contributed by atoms with Crippen LogP contribution in [0.15, 0.2) is 0 Å². The molecule has 0 aromatic carbocycles. The van der Waals surface area contributed by atoms with Crippen molar-refractivity contribution in [2.24, 2.45) is 0 Å². The number of unbranched alkanes of at least 4 members (excludes halogenated alkanes) is 14. The molecule has 0 saturated heterocycles. The maximum absolute atomic E-state index is 8.90. The van der Waals surface area contributed by atoms with Crippen LogP contribution in [0.5, 0.6) is 0 Å². The van der Waals surface area contributed by atoms with E-state index in [9.17, 15) is 0 Å². The summed E-state index contributed by atoms with van der Waals surface area (Å²) in [6.45, 7) is 5.62. The van der Waals surface area contributed by atoms with Gasteiger partial charge in [0, 0.05) is 6.04 Å². The highest BCUT2D eigenvalue weighted by molar-refractivity contribution is 4.57. The van der Waals surface area contributed by atoms with Gasteiger partial charge in [-0.3, -0.25) is 0 Å². The molecule has 0 saturated carbocycles. The van der Waals surface area contributed by atoms with Crippen molar-refractivity contribution < 1.29 is 5.11 Å². The first-order valence-corrected chi connectivity index (χ1v) is 10.2. The van der Waals surface area contributed by atoms with Crippen LogP contribution in [0.4, 0.5) is 0 Å². The quantitative estimate of drug-likeness (QED) is 0.312. The van der Waals surface area contributed by atoms with Gasteiger partial charge in [-0.25, -0.2) is 0 Å². The Morgan fingerprint density at radius 1 is 0.636 bits per heavy atom. The van der Waals surface area contributed by atoms with Crippen molar-refractivity contribution in [1.29, 1.82) is 0 Å². The number of rotatable bonds is 18. The Morgan fingerprint density at radius 3 is 1.36 bits per heavy atom. The lowest BCUT2D eigenvalue weighted by Gasteiger charge is -2.09. The maximum atomic E-state index is 8.90. The second-order valence-electron chi connectivity index (χ2n) is 6.99. The lowest BCUT2D eigenvalue weighted by atomic mass is 10.0. The molecule has 0 aromatic heterocycles. The van der Waals surface area contributed by atoms with E-state index in [4.69, 9.17) is 5.11 Å². The van der Waals surface area contributed by atoms with Crippen LogP contribution in [0.2, 0.25) is 0 Å². The molecule has 2 nitrogen and oxygen atoms in total. The summed E-state index contributed by atoms with van der Waals surface area (Å²) >= 11 is 0. The first-order chi connectivity index (χ1) is 10.8. The van der Waals surface area contributed by atoms with Gasteiger partial charge in [0.2, 0.25) is 0 Å². The van der Waals surface area contributed by atoms with Gasteiger partial charge in [-0.15, -0.1) is 0 Å². The van der Waals surface area contributed by atoms with Crippen LogP contribution in [0, 0.1) is 0 Å². The fourth-order valence-electron chi connectivity index (χ4n) is 2.91. The van der Waals surface area contributed by atoms with Gasteiger partial charge in [0.25, 0.3) is 0 Å². The van der Waals surface area contributed by atoms with Crippen LogP contribution in [0.3, 0.4) is 0 Å². The zero-order valence-corrected chi connectivity index (χ0v) is 15.5. The summed E-state index contributed by atoms with van der Waals surface area (Å²) in [6.07, 6.45) is 21.2. The van der Waals surface area contributed by atoms with Crippen LogP contribution in [-0.2, 0) is 0 Å². The molecular formula is C20H43NO. The predicted octanol–water partition coefficient (Wildman–Crippen LogP) is 5.83. The van der Waals surface area contributed by atoms with E-state index >= 15 is 0 Å². The van der Waals surface area contributed by atoms with E-state index in [2.05, 4.69) is 12.2 Å². The number of nitrogens with one attached hydrogen (secondary N) is 1. The van der Waals surface area contributed by atoms with Gasteiger partial charge in [0.1, 0.15) is 0 Å². The highest BCUT2D eigenvalue weighted by atomic mass is 16.3. The highest BCUT2D eigenvalue weighted by Crippen LogP contribution is 2.13. The Hall–Kier alpha value is -0.0800. The van der Waals surface area contributed by atoms with E-state index in [1.54, 1.807) is 0 Å². The van der Waals surface area contributed by atoms with Crippen molar-refractivity contribution in [1.82, 2.24) is 5.32 Å². The summed E-state index contributed by atoms with van der Waals surface area (Å²) in [5.74, 6) is 0. The van der Waals surface area contributed by atoms with E-state index in [0.717, 1.165) is 6.54 Å². The molecule has 0 aromatic rings. The Morgan fingerprint density at radius 2 is 1.00 bits per heavy atom. The molecule has 1 atom stereocenters. The first-order valence-electron chi connectivity index (χ1n) is 10.2. The Kier molecular flexibility index (Phi) is 18.9. The third-order valence-corrected chi connectivity index (χ3v) is 4.55. The van der Waals surface area contributed by atoms with E-state index in [-0.39, 0.29) is 12.6 Å². The molecule has 0 bridgehead atoms. The highest BCUT2D eigenvalue weighted by Gasteiger charge is 1.97. The first kappa shape index (κ1) is 21.9. The fraction of sp³-hybridized carbons (Fsp3) is 1.00. The normalized spacial score (nSPS) is 12.7. The molecule has 134 valence electrons. The van der Waals surface area contributed by atoms with Gasteiger partial charge in [-0.05, 0) is 19.9 Å². The Bertz CT molecular complexity index is 196. The minimum absolute atomic E-state index is 0.249. The average molecular weight is 314 g/mol. The number of hydrogen-bond acceptors (Lipinski definition) is 2. The Labute approximate surface area is 140 Å². The zero-order valence-electron chi connectivity index (χ0n) is 15.5. The Balaban J connectivity index is 2.97. The molecule has 0 radical (unpaired) electrons. The van der Waals surface area contributed by atoms with Crippen LogP contribution in [0.25, 0.3) is 0 Å². The summed E-state index contributed by atoms with van der Waals surface area (Å²) < 4.78 is 0. The summed E-state index contributed by atoms with van der Waals surface area (Å²) in [5, 5.41) is 12.2. The lowest BCUT2D eigenvalue weighted by molar-refractivity contribution is 0.251. The topological polar surface area (TPSA) is 32.3 Å². The average Bonchev–Trinajstić information content (AvgIpc) is 2.54. The van der Waals surface area contributed by atoms with Crippen LogP contribution < -0.4 is 5.32 Å². The predicted molar refractivity (Wildman–Crippen MR) is 99.5 cm³/mol. The van der Waals surface area contributed by atoms with Gasteiger partial charge < -0.3 is 10.4 Å². The molecule has 0 aliphatic heterocycles. The second-order valence-corrected chi connectivity index (χ2v) is 6.99. The van der Waals surface area contributed by atoms with Gasteiger partial charge in [-0.2, -0.15) is 0 Å². The molecule has 0 rings (SSSR count). The van der Waals surface area contributed by atoms with Crippen LogP contribution >= 0.6 is 0 Å². The van der Waals surface area contributed by atoms with Crippen molar-refractivity contribution in [3.8, 4) is 0 Å². The van der Waals surface area contributed by atoms with Gasteiger partial charge in [-0.1, -0.05) is 96.8 Å². The lowest BCUT2D eigenvalue weighted by Crippen LogP contribution is -2.29. The minimum atomic E-state index is 0.249. The van der Waals surface area contributed by atoms with E-state index < -0.39 is 0 Å². The molecule has 0 aliphatic carbocycles. The molecular weight excluding hydrogens is 270 g/mol. The van der Waals surface area contributed by atoms with E-state index in [0.29, 0.717) is 0 Å². The van der Waals surface area contributed by atoms with Crippen molar-refractivity contribution in [2.75, 3.05) is 13.2 Å². The molecule has 2 N–H and O–H groups in total. The van der Waals surface area contributed by atoms with Gasteiger partial charge in [0.05, 0.1) is 6.61 Å². The van der Waals surface area contributed by atoms with Crippen molar-refractivity contribution in [2.45, 2.75) is 116 Å². The largest absolute Gasteiger partial charge is 0.395 e. The second kappa shape index (κ2) is 19.0. The van der Waals surface area contributed by atoms with Crippen molar-refractivity contribution in [3.05, 3.63) is 0 Å². The third kappa shape index (κ3) is 18.0. The van der Waals surface area contributed by atoms with Crippen molar-refractivity contribution >= 4 is 0 Å². The zero-order chi connectivity index (χ0) is 16.3. The standard InChI is InChI=1S/C20H43NO/c1-3-4-5-6-7-8-9-10-11-12-13-14-15-16-17-18-21-20(2)19-22/h20-22H,3-19H2,1-2H3. The summed E-state index contributed by atoms with van der Waals surface area (Å²) in [5.41, 5.74) is 0. The van der Waals surface area contributed by atoms with Gasteiger partial charge >= 0.3 is 0 Å². The molecule has 2 heteroatoms. The fourth-order valence-corrected chi connectivity index (χ4v) is 2.91. The summed E-state index contributed by atoms with van der Waals surface area (Å²) in [6, 6.07) is 0.256. The molecule has 0 heterocycles. The summed E-state index contributed by atoms with van der Waals surface area (Å²) in [7, 11) is 0. The monoisotopic (exact) mass is 313 g/mol. The number of hydrogen-bond donors (Lipinski definition) is 2. The minimum Gasteiger partial charge on any atom is -0.395 e. The molecule has 22 heavy (non-hydrogen) atoms. The molecule has 0 aliphatic rings. The van der Waals surface area contributed by atoms with Crippen LogP contribution in [-0.4, -0.2) is 24.3 Å². The smallest absolute Gasteiger partial charge is 0.0581 e. The molecule has 0 spiro atoms. The van der Waals surface area contributed by atoms with E-state index in [1.165, 1.54) is 96.3 Å².